The van der Waals surface area contributed by atoms with Crippen LogP contribution in [0.15, 0.2) is 41.8 Å². The van der Waals surface area contributed by atoms with Crippen LogP contribution in [0.25, 0.3) is 10.2 Å². The summed E-state index contributed by atoms with van der Waals surface area (Å²) < 4.78 is 17.5. The Bertz CT molecular complexity index is 1180. The molecular formula is C26H30FN3O2S. The largest absolute Gasteiger partial charge is 0.351 e. The first kappa shape index (κ1) is 22.1. The number of amides is 2. The first-order valence-corrected chi connectivity index (χ1v) is 12.8. The van der Waals surface area contributed by atoms with E-state index in [1.54, 1.807) is 34.4 Å². The molecule has 2 aliphatic rings. The third kappa shape index (κ3) is 4.07. The van der Waals surface area contributed by atoms with Crippen molar-refractivity contribution >= 4 is 33.4 Å². The summed E-state index contributed by atoms with van der Waals surface area (Å²) in [4.78, 5) is 29.1. The summed E-state index contributed by atoms with van der Waals surface area (Å²) in [6.45, 7) is 2.23. The Morgan fingerprint density at radius 1 is 1.15 bits per heavy atom. The lowest BCUT2D eigenvalue weighted by Gasteiger charge is -2.44. The van der Waals surface area contributed by atoms with Crippen LogP contribution in [-0.2, 0) is 17.9 Å². The van der Waals surface area contributed by atoms with Crippen molar-refractivity contribution < 1.29 is 14.0 Å². The molecule has 5 rings (SSSR count). The fraction of sp³-hybridized carbons (Fsp3) is 0.462. The van der Waals surface area contributed by atoms with Crippen LogP contribution in [0.1, 0.15) is 67.9 Å². The van der Waals surface area contributed by atoms with Crippen LogP contribution in [-0.4, -0.2) is 32.9 Å². The van der Waals surface area contributed by atoms with E-state index in [0.29, 0.717) is 17.8 Å². The number of benzene rings is 1. The fourth-order valence-corrected chi connectivity index (χ4v) is 6.08. The third-order valence-corrected chi connectivity index (χ3v) is 8.12. The summed E-state index contributed by atoms with van der Waals surface area (Å²) in [5, 5.41) is 5.28. The average molecular weight is 468 g/mol. The molecule has 33 heavy (non-hydrogen) atoms. The summed E-state index contributed by atoms with van der Waals surface area (Å²) >= 11 is 1.58. The molecule has 0 unspecified atom stereocenters. The van der Waals surface area contributed by atoms with Gasteiger partial charge in [-0.25, -0.2) is 4.39 Å². The zero-order valence-electron chi connectivity index (χ0n) is 19.0. The van der Waals surface area contributed by atoms with Crippen LogP contribution >= 0.6 is 11.3 Å². The molecule has 0 bridgehead atoms. The van der Waals surface area contributed by atoms with E-state index in [-0.39, 0.29) is 30.2 Å². The number of nitrogens with zero attached hydrogens (tertiary/aromatic N) is 2. The van der Waals surface area contributed by atoms with Crippen molar-refractivity contribution in [2.24, 2.45) is 0 Å². The van der Waals surface area contributed by atoms with Gasteiger partial charge in [0.1, 0.15) is 17.1 Å². The first-order valence-electron chi connectivity index (χ1n) is 11.9. The van der Waals surface area contributed by atoms with Crippen LogP contribution < -0.4 is 5.32 Å². The Labute approximate surface area is 197 Å². The number of carbonyl (C=O) groups excluding carboxylic acids is 2. The van der Waals surface area contributed by atoms with Crippen LogP contribution in [0.5, 0.6) is 0 Å². The SMILES string of the molecule is C[C@]1(C(=O)NC2CCCCCCC2)Cn2c(cc3sccc32)C(=O)N1Cc1ccccc1F. The van der Waals surface area contributed by atoms with Crippen LogP contribution in [0, 0.1) is 5.82 Å². The number of halogens is 1. The van der Waals surface area contributed by atoms with E-state index in [0.717, 1.165) is 35.9 Å². The normalized spacial score (nSPS) is 22.1. The summed E-state index contributed by atoms with van der Waals surface area (Å²) in [6.07, 6.45) is 7.80. The molecule has 1 aliphatic heterocycles. The summed E-state index contributed by atoms with van der Waals surface area (Å²) in [6, 6.07) is 10.5. The molecule has 1 aromatic carbocycles. The maximum atomic E-state index is 14.6. The van der Waals surface area contributed by atoms with E-state index in [1.807, 2.05) is 29.0 Å². The Balaban J connectivity index is 1.50. The number of rotatable bonds is 4. The van der Waals surface area contributed by atoms with Crippen molar-refractivity contribution in [1.82, 2.24) is 14.8 Å². The number of aromatic nitrogens is 1. The molecule has 2 aromatic heterocycles. The van der Waals surface area contributed by atoms with Gasteiger partial charge in [-0.15, -0.1) is 11.3 Å². The molecule has 3 heterocycles. The quantitative estimate of drug-likeness (QED) is 0.552. The second kappa shape index (κ2) is 8.93. The lowest BCUT2D eigenvalue weighted by Crippen LogP contribution is -2.64. The Hall–Kier alpha value is -2.67. The molecule has 7 heteroatoms. The molecule has 3 aromatic rings. The van der Waals surface area contributed by atoms with E-state index in [4.69, 9.17) is 0 Å². The summed E-state index contributed by atoms with van der Waals surface area (Å²) in [5.74, 6) is -0.751. The Morgan fingerprint density at radius 3 is 2.64 bits per heavy atom. The molecule has 2 amide bonds. The molecule has 0 radical (unpaired) electrons. The smallest absolute Gasteiger partial charge is 0.271 e. The highest BCUT2D eigenvalue weighted by Crippen LogP contribution is 2.35. The van der Waals surface area contributed by atoms with E-state index in [2.05, 4.69) is 5.32 Å². The number of nitrogens with one attached hydrogen (secondary N) is 1. The summed E-state index contributed by atoms with van der Waals surface area (Å²) in [7, 11) is 0. The van der Waals surface area contributed by atoms with Crippen LogP contribution in [0.2, 0.25) is 0 Å². The second-order valence-electron chi connectivity index (χ2n) is 9.56. The minimum atomic E-state index is -1.12. The van der Waals surface area contributed by atoms with Gasteiger partial charge in [-0.2, -0.15) is 0 Å². The molecule has 0 spiro atoms. The number of fused-ring (bicyclic) bond motifs is 3. The van der Waals surface area contributed by atoms with E-state index < -0.39 is 5.54 Å². The molecule has 1 N–H and O–H groups in total. The Morgan fingerprint density at radius 2 is 1.88 bits per heavy atom. The lowest BCUT2D eigenvalue weighted by atomic mass is 9.91. The van der Waals surface area contributed by atoms with Crippen molar-refractivity contribution in [3.8, 4) is 0 Å². The van der Waals surface area contributed by atoms with Crippen molar-refractivity contribution in [2.45, 2.75) is 76.5 Å². The number of hydrogen-bond acceptors (Lipinski definition) is 3. The van der Waals surface area contributed by atoms with Gasteiger partial charge >= 0.3 is 0 Å². The Kier molecular flexibility index (Phi) is 5.99. The lowest BCUT2D eigenvalue weighted by molar-refractivity contribution is -0.134. The highest BCUT2D eigenvalue weighted by atomic mass is 32.1. The molecule has 1 fully saturated rings. The van der Waals surface area contributed by atoms with Gasteiger partial charge in [0.05, 0.1) is 23.3 Å². The van der Waals surface area contributed by atoms with Gasteiger partial charge in [0.2, 0.25) is 5.91 Å². The number of thiophene rings is 1. The predicted molar refractivity (Wildman–Crippen MR) is 129 cm³/mol. The minimum Gasteiger partial charge on any atom is -0.351 e. The monoisotopic (exact) mass is 467 g/mol. The number of carbonyl (C=O) groups is 2. The van der Waals surface area contributed by atoms with Crippen molar-refractivity contribution in [1.29, 1.82) is 0 Å². The molecule has 1 aliphatic carbocycles. The molecule has 174 valence electrons. The fourth-order valence-electron chi connectivity index (χ4n) is 5.26. The molecule has 1 atom stereocenters. The zero-order valence-corrected chi connectivity index (χ0v) is 19.8. The van der Waals surface area contributed by atoms with Gasteiger partial charge < -0.3 is 14.8 Å². The van der Waals surface area contributed by atoms with Crippen molar-refractivity contribution in [3.63, 3.8) is 0 Å². The standard InChI is InChI=1S/C26H30FN3O2S/c1-26(25(32)28-19-10-5-3-2-4-6-11-19)17-29-21-13-14-33-23(21)15-22(29)24(31)30(26)16-18-9-7-8-12-20(18)27/h7-9,12-15,19H,2-6,10-11,16-17H2,1H3,(H,28,32)/t26-/m1/s1. The highest BCUT2D eigenvalue weighted by Gasteiger charge is 2.48. The zero-order chi connectivity index (χ0) is 23.0. The third-order valence-electron chi connectivity index (χ3n) is 7.26. The van der Waals surface area contributed by atoms with Gasteiger partial charge in [0, 0.05) is 11.6 Å². The maximum Gasteiger partial charge on any atom is 0.271 e. The molecule has 5 nitrogen and oxygen atoms in total. The highest BCUT2D eigenvalue weighted by molar-refractivity contribution is 7.17. The first-order chi connectivity index (χ1) is 16.0. The summed E-state index contributed by atoms with van der Waals surface area (Å²) in [5.41, 5.74) is 0.823. The second-order valence-corrected chi connectivity index (χ2v) is 10.5. The average Bonchev–Trinajstić information content (AvgIpc) is 3.36. The minimum absolute atomic E-state index is 0.0545. The van der Waals surface area contributed by atoms with Crippen molar-refractivity contribution in [3.05, 3.63) is 58.9 Å². The van der Waals surface area contributed by atoms with E-state index in [9.17, 15) is 14.0 Å². The van der Waals surface area contributed by atoms with E-state index >= 15 is 0 Å². The van der Waals surface area contributed by atoms with Gasteiger partial charge in [-0.05, 0) is 43.3 Å². The van der Waals surface area contributed by atoms with Crippen molar-refractivity contribution in [2.75, 3.05) is 0 Å². The molecular weight excluding hydrogens is 437 g/mol. The van der Waals surface area contributed by atoms with Gasteiger partial charge in [0.25, 0.3) is 5.91 Å². The van der Waals surface area contributed by atoms with Crippen LogP contribution in [0.4, 0.5) is 4.39 Å². The van der Waals surface area contributed by atoms with Crippen LogP contribution in [0.3, 0.4) is 0 Å². The van der Waals surface area contributed by atoms with Gasteiger partial charge in [0.15, 0.2) is 0 Å². The number of hydrogen-bond donors (Lipinski definition) is 1. The van der Waals surface area contributed by atoms with Gasteiger partial charge in [-0.3, -0.25) is 9.59 Å². The maximum absolute atomic E-state index is 14.6. The molecule has 0 saturated heterocycles. The molecule has 1 saturated carbocycles. The van der Waals surface area contributed by atoms with E-state index in [1.165, 1.54) is 25.3 Å². The topological polar surface area (TPSA) is 54.3 Å². The predicted octanol–water partition coefficient (Wildman–Crippen LogP) is 5.49. The van der Waals surface area contributed by atoms with Gasteiger partial charge in [-0.1, -0.05) is 50.3 Å².